The van der Waals surface area contributed by atoms with Gasteiger partial charge in [0.05, 0.1) is 0 Å². The topological polar surface area (TPSA) is 3.24 Å². The van der Waals surface area contributed by atoms with Crippen LogP contribution in [-0.4, -0.2) is 40.1 Å². The molecule has 0 bridgehead atoms. The van der Waals surface area contributed by atoms with E-state index in [0.29, 0.717) is 10.1 Å². The molecule has 0 saturated carbocycles. The molecule has 0 aromatic carbocycles. The SMILES string of the molecule is C[C-]1C(C)N(C)CC12SCCCS2.[Y]. The fourth-order valence-corrected chi connectivity index (χ4v) is 5.77. The molecule has 2 rings (SSSR count). The molecule has 1 radical (unpaired) electrons. The van der Waals surface area contributed by atoms with Crippen LogP contribution < -0.4 is 0 Å². The average Bonchev–Trinajstić information content (AvgIpc) is 2.33. The van der Waals surface area contributed by atoms with Gasteiger partial charge in [0.1, 0.15) is 0 Å². The number of nitrogens with zero attached hydrogens (tertiary/aromatic N) is 1. The van der Waals surface area contributed by atoms with Crippen molar-refractivity contribution in [1.29, 1.82) is 0 Å². The summed E-state index contributed by atoms with van der Waals surface area (Å²) < 4.78 is 0.451. The minimum Gasteiger partial charge on any atom is -0.333 e. The van der Waals surface area contributed by atoms with Gasteiger partial charge in [-0.1, -0.05) is 6.92 Å². The van der Waals surface area contributed by atoms with Crippen LogP contribution in [-0.2, 0) is 32.7 Å². The van der Waals surface area contributed by atoms with Crippen molar-refractivity contribution in [3.05, 3.63) is 5.92 Å². The molecule has 0 aromatic heterocycles. The zero-order valence-electron chi connectivity index (χ0n) is 9.25. The van der Waals surface area contributed by atoms with Gasteiger partial charge in [0.2, 0.25) is 0 Å². The molecule has 2 aliphatic rings. The quantitative estimate of drug-likeness (QED) is 0.633. The molecule has 14 heavy (non-hydrogen) atoms. The first kappa shape index (κ1) is 13.8. The second-order valence-corrected chi connectivity index (χ2v) is 7.12. The van der Waals surface area contributed by atoms with Crippen molar-refractivity contribution in [3.8, 4) is 0 Å². The Morgan fingerprint density at radius 3 is 2.36 bits per heavy atom. The maximum atomic E-state index is 2.49. The summed E-state index contributed by atoms with van der Waals surface area (Å²) in [7, 11) is 2.25. The summed E-state index contributed by atoms with van der Waals surface area (Å²) in [5.74, 6) is 4.39. The van der Waals surface area contributed by atoms with Crippen LogP contribution in [0.3, 0.4) is 0 Å². The van der Waals surface area contributed by atoms with E-state index in [4.69, 9.17) is 0 Å². The van der Waals surface area contributed by atoms with Crippen LogP contribution in [0, 0.1) is 5.92 Å². The van der Waals surface area contributed by atoms with E-state index in [1.54, 1.807) is 5.92 Å². The smallest absolute Gasteiger partial charge is 0 e. The molecule has 2 saturated heterocycles. The van der Waals surface area contributed by atoms with E-state index in [1.807, 2.05) is 0 Å². The standard InChI is InChI=1S/C10H18NS2.Y/c1-8-9(2)11(3)7-10(8)12-5-4-6-13-10;/h9H,4-7H2,1-3H3;/q-1;. The second-order valence-electron chi connectivity index (χ2n) is 4.08. The third kappa shape index (κ3) is 2.37. The van der Waals surface area contributed by atoms with Crippen LogP contribution in [0.5, 0.6) is 0 Å². The zero-order chi connectivity index (χ0) is 9.47. The van der Waals surface area contributed by atoms with E-state index in [2.05, 4.69) is 49.3 Å². The molecule has 79 valence electrons. The molecule has 1 nitrogen and oxygen atoms in total. The van der Waals surface area contributed by atoms with Crippen molar-refractivity contribution in [3.63, 3.8) is 0 Å². The number of hydrogen-bond acceptors (Lipinski definition) is 3. The van der Waals surface area contributed by atoms with E-state index in [-0.39, 0.29) is 32.7 Å². The van der Waals surface area contributed by atoms with E-state index in [0.717, 1.165) is 0 Å². The molecule has 2 heterocycles. The minimum atomic E-state index is 0. The van der Waals surface area contributed by atoms with Gasteiger partial charge in [0.15, 0.2) is 0 Å². The van der Waals surface area contributed by atoms with Crippen LogP contribution in [0.1, 0.15) is 20.3 Å². The van der Waals surface area contributed by atoms with Crippen molar-refractivity contribution in [2.24, 2.45) is 0 Å². The van der Waals surface area contributed by atoms with Crippen molar-refractivity contribution in [1.82, 2.24) is 4.90 Å². The van der Waals surface area contributed by atoms with Crippen molar-refractivity contribution in [2.75, 3.05) is 25.1 Å². The predicted molar refractivity (Wildman–Crippen MR) is 63.3 cm³/mol. The number of rotatable bonds is 0. The van der Waals surface area contributed by atoms with Crippen LogP contribution >= 0.6 is 23.5 Å². The normalized spacial score (nSPS) is 33.2. The largest absolute Gasteiger partial charge is 0.333 e. The van der Waals surface area contributed by atoms with Crippen molar-refractivity contribution < 1.29 is 32.7 Å². The van der Waals surface area contributed by atoms with Gasteiger partial charge >= 0.3 is 0 Å². The van der Waals surface area contributed by atoms with Gasteiger partial charge in [-0.2, -0.15) is 30.4 Å². The summed E-state index contributed by atoms with van der Waals surface area (Å²) in [6.45, 7) is 5.93. The van der Waals surface area contributed by atoms with Gasteiger partial charge < -0.3 is 4.90 Å². The van der Waals surface area contributed by atoms with Gasteiger partial charge in [-0.15, -0.1) is 6.04 Å². The minimum absolute atomic E-state index is 0. The summed E-state index contributed by atoms with van der Waals surface area (Å²) >= 11 is 4.35. The maximum absolute atomic E-state index is 2.49. The van der Waals surface area contributed by atoms with Crippen molar-refractivity contribution in [2.45, 2.75) is 30.4 Å². The molecule has 1 atom stereocenters. The van der Waals surface area contributed by atoms with Gasteiger partial charge in [-0.3, -0.25) is 5.92 Å². The Bertz CT molecular complexity index is 195. The number of thioether (sulfide) groups is 2. The molecule has 0 amide bonds. The van der Waals surface area contributed by atoms with Gasteiger partial charge in [0, 0.05) is 32.7 Å². The zero-order valence-corrected chi connectivity index (χ0v) is 13.7. The Morgan fingerprint density at radius 2 is 1.93 bits per heavy atom. The third-order valence-corrected chi connectivity index (χ3v) is 6.83. The van der Waals surface area contributed by atoms with E-state index in [9.17, 15) is 0 Å². The summed E-state index contributed by atoms with van der Waals surface area (Å²) in [6, 6.07) is 0.679. The monoisotopic (exact) mass is 305 g/mol. The summed E-state index contributed by atoms with van der Waals surface area (Å²) in [5, 5.41) is 0. The second kappa shape index (κ2) is 5.40. The molecule has 1 unspecified atom stereocenters. The molecule has 2 aliphatic heterocycles. The average molecular weight is 305 g/mol. The van der Waals surface area contributed by atoms with Gasteiger partial charge in [-0.25, -0.2) is 0 Å². The van der Waals surface area contributed by atoms with Crippen LogP contribution in [0.25, 0.3) is 0 Å². The van der Waals surface area contributed by atoms with Gasteiger partial charge in [0.25, 0.3) is 0 Å². The fraction of sp³-hybridized carbons (Fsp3) is 0.900. The first-order valence-corrected chi connectivity index (χ1v) is 6.95. The molecule has 0 N–H and O–H groups in total. The van der Waals surface area contributed by atoms with E-state index >= 15 is 0 Å². The molecule has 2 fully saturated rings. The number of likely N-dealkylation sites (tertiary alicyclic amines) is 1. The predicted octanol–water partition coefficient (Wildman–Crippen LogP) is 2.48. The first-order valence-electron chi connectivity index (χ1n) is 4.98. The molecular weight excluding hydrogens is 287 g/mol. The number of hydrogen-bond donors (Lipinski definition) is 0. The molecule has 4 heteroatoms. The summed E-state index contributed by atoms with van der Waals surface area (Å²) in [6.07, 6.45) is 1.39. The Hall–Kier alpha value is 1.76. The Labute approximate surface area is 121 Å². The maximum Gasteiger partial charge on any atom is 0 e. The Kier molecular flexibility index (Phi) is 5.33. The van der Waals surface area contributed by atoms with Gasteiger partial charge in [-0.05, 0) is 35.6 Å². The Balaban J connectivity index is 0.000000980. The van der Waals surface area contributed by atoms with E-state index in [1.165, 1.54) is 24.5 Å². The van der Waals surface area contributed by atoms with Crippen LogP contribution in [0.2, 0.25) is 0 Å². The molecule has 1 spiro atoms. The summed E-state index contributed by atoms with van der Waals surface area (Å²) in [5.41, 5.74) is 0. The third-order valence-electron chi connectivity index (χ3n) is 3.31. The Morgan fingerprint density at radius 1 is 1.36 bits per heavy atom. The summed E-state index contributed by atoms with van der Waals surface area (Å²) in [4.78, 5) is 2.49. The van der Waals surface area contributed by atoms with Crippen LogP contribution in [0.15, 0.2) is 0 Å². The van der Waals surface area contributed by atoms with Crippen LogP contribution in [0.4, 0.5) is 0 Å². The molecular formula is C10H18NS2Y-. The van der Waals surface area contributed by atoms with E-state index < -0.39 is 0 Å². The first-order chi connectivity index (χ1) is 6.16. The van der Waals surface area contributed by atoms with Crippen molar-refractivity contribution >= 4 is 23.5 Å². The molecule has 0 aromatic rings. The fourth-order valence-electron chi connectivity index (χ4n) is 2.13. The molecule has 0 aliphatic carbocycles.